The molecule has 6 rings (SSSR count). The SMILES string of the molecule is FC1(F)Oc2cccc(CN3CCc4c(ccnc4Nc4cnc5ccccc5c4)C3)c2O1. The van der Waals surface area contributed by atoms with E-state index in [4.69, 9.17) is 4.74 Å². The average Bonchev–Trinajstić information content (AvgIpc) is 3.14. The van der Waals surface area contributed by atoms with Crippen LogP contribution in [0.1, 0.15) is 16.7 Å². The number of halogens is 2. The maximum absolute atomic E-state index is 13.5. The van der Waals surface area contributed by atoms with E-state index in [2.05, 4.69) is 31.0 Å². The molecule has 2 aliphatic heterocycles. The number of ether oxygens (including phenoxy) is 2. The molecule has 0 saturated carbocycles. The van der Waals surface area contributed by atoms with Gasteiger partial charge in [-0.05, 0) is 36.2 Å². The Labute approximate surface area is 188 Å². The monoisotopic (exact) mass is 446 g/mol. The van der Waals surface area contributed by atoms with Gasteiger partial charge in [0.05, 0.1) is 17.4 Å². The van der Waals surface area contributed by atoms with Crippen LogP contribution in [0, 0.1) is 0 Å². The van der Waals surface area contributed by atoms with Crippen molar-refractivity contribution >= 4 is 22.4 Å². The first kappa shape index (κ1) is 19.9. The molecule has 0 atom stereocenters. The second kappa shape index (κ2) is 7.67. The van der Waals surface area contributed by atoms with E-state index in [1.165, 1.54) is 6.07 Å². The summed E-state index contributed by atoms with van der Waals surface area (Å²) in [6.45, 7) is 1.94. The highest BCUT2D eigenvalue weighted by Gasteiger charge is 2.44. The number of para-hydroxylation sites is 2. The molecule has 8 heteroatoms. The Morgan fingerprint density at radius 1 is 1.03 bits per heavy atom. The van der Waals surface area contributed by atoms with Crippen LogP contribution < -0.4 is 14.8 Å². The fourth-order valence-electron chi connectivity index (χ4n) is 4.46. The number of pyridine rings is 2. The number of hydrogen-bond donors (Lipinski definition) is 1. The highest BCUT2D eigenvalue weighted by molar-refractivity contribution is 5.82. The van der Waals surface area contributed by atoms with Crippen molar-refractivity contribution in [2.75, 3.05) is 11.9 Å². The smallest absolute Gasteiger partial charge is 0.395 e. The summed E-state index contributed by atoms with van der Waals surface area (Å²) in [5, 5.41) is 4.48. The molecule has 0 radical (unpaired) electrons. The average molecular weight is 446 g/mol. The van der Waals surface area contributed by atoms with E-state index in [1.54, 1.807) is 18.3 Å². The Morgan fingerprint density at radius 2 is 1.94 bits per heavy atom. The first-order valence-electron chi connectivity index (χ1n) is 10.7. The number of nitrogens with one attached hydrogen (secondary N) is 1. The predicted molar refractivity (Wildman–Crippen MR) is 120 cm³/mol. The van der Waals surface area contributed by atoms with Crippen molar-refractivity contribution in [3.05, 3.63) is 83.7 Å². The molecule has 6 nitrogen and oxygen atoms in total. The summed E-state index contributed by atoms with van der Waals surface area (Å²) in [4.78, 5) is 11.3. The number of aromatic nitrogens is 2. The van der Waals surface area contributed by atoms with Crippen LogP contribution in [0.3, 0.4) is 0 Å². The second-order valence-corrected chi connectivity index (χ2v) is 8.21. The van der Waals surface area contributed by atoms with E-state index in [1.807, 2.05) is 36.5 Å². The molecule has 2 aliphatic rings. The van der Waals surface area contributed by atoms with Gasteiger partial charge < -0.3 is 14.8 Å². The van der Waals surface area contributed by atoms with Crippen molar-refractivity contribution in [2.24, 2.45) is 0 Å². The molecule has 4 aromatic rings. The van der Waals surface area contributed by atoms with Gasteiger partial charge in [0.2, 0.25) is 0 Å². The largest absolute Gasteiger partial charge is 0.586 e. The number of anilines is 2. The fourth-order valence-corrected chi connectivity index (χ4v) is 4.46. The fraction of sp³-hybridized carbons (Fsp3) is 0.200. The molecule has 0 amide bonds. The normalized spacial score (nSPS) is 16.5. The number of nitrogens with zero attached hydrogens (tertiary/aromatic N) is 3. The maximum Gasteiger partial charge on any atom is 0.586 e. The lowest BCUT2D eigenvalue weighted by atomic mass is 10.00. The van der Waals surface area contributed by atoms with E-state index in [0.29, 0.717) is 18.7 Å². The Kier molecular flexibility index (Phi) is 4.62. The van der Waals surface area contributed by atoms with E-state index in [-0.39, 0.29) is 11.5 Å². The quantitative estimate of drug-likeness (QED) is 0.462. The highest BCUT2D eigenvalue weighted by Crippen LogP contribution is 2.43. The van der Waals surface area contributed by atoms with Gasteiger partial charge in [0.15, 0.2) is 11.5 Å². The third-order valence-electron chi connectivity index (χ3n) is 5.98. The zero-order valence-corrected chi connectivity index (χ0v) is 17.6. The first-order valence-corrected chi connectivity index (χ1v) is 10.7. The van der Waals surface area contributed by atoms with Gasteiger partial charge in [-0.2, -0.15) is 0 Å². The standard InChI is InChI=1S/C25H20F2N4O2/c26-25(27)32-22-7-3-5-18(23(22)33-25)15-31-11-9-20-17(14-31)8-10-28-24(20)30-19-12-16-4-1-2-6-21(16)29-13-19/h1-8,10,12-13H,9,11,14-15H2,(H,28,30). The molecule has 0 saturated heterocycles. The molecule has 2 aromatic heterocycles. The van der Waals surface area contributed by atoms with Gasteiger partial charge in [-0.25, -0.2) is 4.98 Å². The summed E-state index contributed by atoms with van der Waals surface area (Å²) in [6.07, 6.45) is 0.773. The highest BCUT2D eigenvalue weighted by atomic mass is 19.3. The lowest BCUT2D eigenvalue weighted by Crippen LogP contribution is -2.31. The summed E-state index contributed by atoms with van der Waals surface area (Å²) in [5.41, 5.74) is 4.83. The second-order valence-electron chi connectivity index (χ2n) is 8.21. The number of hydrogen-bond acceptors (Lipinski definition) is 6. The summed E-state index contributed by atoms with van der Waals surface area (Å²) < 4.78 is 36.4. The van der Waals surface area contributed by atoms with Crippen molar-refractivity contribution in [3.63, 3.8) is 0 Å². The number of fused-ring (bicyclic) bond motifs is 3. The van der Waals surface area contributed by atoms with Crippen molar-refractivity contribution in [2.45, 2.75) is 25.8 Å². The van der Waals surface area contributed by atoms with E-state index >= 15 is 0 Å². The van der Waals surface area contributed by atoms with Crippen molar-refractivity contribution < 1.29 is 18.3 Å². The molecule has 0 aliphatic carbocycles. The molecule has 0 bridgehead atoms. The van der Waals surface area contributed by atoms with Gasteiger partial charge >= 0.3 is 6.29 Å². The van der Waals surface area contributed by atoms with Gasteiger partial charge in [0, 0.05) is 42.3 Å². The minimum Gasteiger partial charge on any atom is -0.395 e. The van der Waals surface area contributed by atoms with E-state index < -0.39 is 6.29 Å². The zero-order valence-electron chi connectivity index (χ0n) is 17.6. The van der Waals surface area contributed by atoms with Crippen molar-refractivity contribution in [1.82, 2.24) is 14.9 Å². The molecule has 166 valence electrons. The molecular formula is C25H20F2N4O2. The Bertz CT molecular complexity index is 1360. The summed E-state index contributed by atoms with van der Waals surface area (Å²) >= 11 is 0. The summed E-state index contributed by atoms with van der Waals surface area (Å²) in [7, 11) is 0. The molecule has 2 aromatic carbocycles. The number of rotatable bonds is 4. The number of benzene rings is 2. The molecule has 0 spiro atoms. The topological polar surface area (TPSA) is 59.5 Å². The molecular weight excluding hydrogens is 426 g/mol. The van der Waals surface area contributed by atoms with Gasteiger partial charge in [-0.15, -0.1) is 8.78 Å². The predicted octanol–water partition coefficient (Wildman–Crippen LogP) is 5.25. The van der Waals surface area contributed by atoms with Gasteiger partial charge in [0.25, 0.3) is 0 Å². The summed E-state index contributed by atoms with van der Waals surface area (Å²) in [5.74, 6) is 1.02. The molecule has 0 fully saturated rings. The summed E-state index contributed by atoms with van der Waals surface area (Å²) in [6, 6.07) is 17.0. The van der Waals surface area contributed by atoms with Crippen LogP contribution in [0.25, 0.3) is 10.9 Å². The Morgan fingerprint density at radius 3 is 2.88 bits per heavy atom. The molecule has 4 heterocycles. The van der Waals surface area contributed by atoms with Crippen LogP contribution in [-0.2, 0) is 19.5 Å². The van der Waals surface area contributed by atoms with Crippen molar-refractivity contribution in [1.29, 1.82) is 0 Å². The maximum atomic E-state index is 13.5. The van der Waals surface area contributed by atoms with E-state index in [9.17, 15) is 8.78 Å². The van der Waals surface area contributed by atoms with Crippen LogP contribution in [0.4, 0.5) is 20.3 Å². The minimum atomic E-state index is -3.61. The minimum absolute atomic E-state index is 0.0783. The van der Waals surface area contributed by atoms with Crippen LogP contribution in [0.15, 0.2) is 67.0 Å². The van der Waals surface area contributed by atoms with Crippen LogP contribution >= 0.6 is 0 Å². The Balaban J connectivity index is 1.21. The van der Waals surface area contributed by atoms with Crippen LogP contribution in [0.2, 0.25) is 0 Å². The first-order chi connectivity index (χ1) is 16.0. The van der Waals surface area contributed by atoms with E-state index in [0.717, 1.165) is 46.5 Å². The van der Waals surface area contributed by atoms with Crippen LogP contribution in [-0.4, -0.2) is 27.7 Å². The Hall–Kier alpha value is -3.78. The third kappa shape index (κ3) is 3.82. The zero-order chi connectivity index (χ0) is 22.4. The lowest BCUT2D eigenvalue weighted by molar-refractivity contribution is -0.287. The van der Waals surface area contributed by atoms with Gasteiger partial charge in [-0.3, -0.25) is 9.88 Å². The van der Waals surface area contributed by atoms with Gasteiger partial charge in [-0.1, -0.05) is 30.3 Å². The number of alkyl halides is 2. The van der Waals surface area contributed by atoms with Crippen LogP contribution in [0.5, 0.6) is 11.5 Å². The lowest BCUT2D eigenvalue weighted by Gasteiger charge is -2.30. The van der Waals surface area contributed by atoms with Gasteiger partial charge in [0.1, 0.15) is 5.82 Å². The molecule has 33 heavy (non-hydrogen) atoms. The van der Waals surface area contributed by atoms with Crippen molar-refractivity contribution in [3.8, 4) is 11.5 Å². The third-order valence-corrected chi connectivity index (χ3v) is 5.98. The molecule has 0 unspecified atom stereocenters. The molecule has 1 N–H and O–H groups in total.